The number of imidazole rings is 1. The smallest absolute Gasteiger partial charge is 0.163 e. The monoisotopic (exact) mass is 450 g/mol. The van der Waals surface area contributed by atoms with E-state index in [9.17, 15) is 4.39 Å². The average molecular weight is 452 g/mol. The van der Waals surface area contributed by atoms with Gasteiger partial charge < -0.3 is 14.8 Å². The van der Waals surface area contributed by atoms with E-state index in [4.69, 9.17) is 21.1 Å². The van der Waals surface area contributed by atoms with E-state index in [1.165, 1.54) is 6.07 Å². The molecule has 6 nitrogen and oxygen atoms in total. The Kier molecular flexibility index (Phi) is 4.53. The topological polar surface area (TPSA) is 60.7 Å². The van der Waals surface area contributed by atoms with Gasteiger partial charge in [-0.25, -0.2) is 14.4 Å². The van der Waals surface area contributed by atoms with Crippen molar-refractivity contribution in [2.45, 2.75) is 0 Å². The van der Waals surface area contributed by atoms with Gasteiger partial charge in [-0.05, 0) is 28.1 Å². The summed E-state index contributed by atoms with van der Waals surface area (Å²) in [4.78, 5) is 8.83. The second-order valence-electron chi connectivity index (χ2n) is 5.67. The Balaban J connectivity index is 1.94. The minimum absolute atomic E-state index is 0.231. The van der Waals surface area contributed by atoms with Gasteiger partial charge in [-0.1, -0.05) is 11.6 Å². The van der Waals surface area contributed by atoms with Crippen LogP contribution < -0.4 is 14.8 Å². The third kappa shape index (κ3) is 3.04. The maximum atomic E-state index is 14.4. The van der Waals surface area contributed by atoms with Gasteiger partial charge in [0.25, 0.3) is 0 Å². The predicted octanol–water partition coefficient (Wildman–Crippen LogP) is 5.20. The highest BCUT2D eigenvalue weighted by atomic mass is 79.9. The first-order valence-corrected chi connectivity index (χ1v) is 8.98. The highest BCUT2D eigenvalue weighted by Gasteiger charge is 2.16. The molecule has 0 amide bonds. The van der Waals surface area contributed by atoms with Crippen molar-refractivity contribution in [3.63, 3.8) is 0 Å². The molecule has 0 aliphatic rings. The first-order chi connectivity index (χ1) is 13.0. The summed E-state index contributed by atoms with van der Waals surface area (Å²) >= 11 is 9.22. The summed E-state index contributed by atoms with van der Waals surface area (Å²) in [6, 6.07) is 6.41. The van der Waals surface area contributed by atoms with Crippen LogP contribution in [0.15, 0.2) is 41.3 Å². The Morgan fingerprint density at radius 2 is 1.85 bits per heavy atom. The number of fused-ring (bicyclic) bond motifs is 3. The van der Waals surface area contributed by atoms with Crippen LogP contribution in [0.25, 0.3) is 16.6 Å². The van der Waals surface area contributed by atoms with E-state index in [1.54, 1.807) is 38.9 Å². The van der Waals surface area contributed by atoms with E-state index in [0.717, 1.165) is 5.52 Å². The van der Waals surface area contributed by atoms with Gasteiger partial charge >= 0.3 is 0 Å². The fraction of sp³-hybridized carbons (Fsp3) is 0.111. The second-order valence-corrected chi connectivity index (χ2v) is 6.97. The van der Waals surface area contributed by atoms with Crippen molar-refractivity contribution in [3.05, 3.63) is 52.1 Å². The van der Waals surface area contributed by atoms with Gasteiger partial charge in [0.1, 0.15) is 11.3 Å². The molecule has 0 aliphatic heterocycles. The quantitative estimate of drug-likeness (QED) is 0.462. The molecule has 0 saturated carbocycles. The van der Waals surface area contributed by atoms with Crippen molar-refractivity contribution in [2.24, 2.45) is 0 Å². The number of anilines is 2. The highest BCUT2D eigenvalue weighted by Crippen LogP contribution is 2.36. The molecule has 4 rings (SSSR count). The lowest BCUT2D eigenvalue weighted by Gasteiger charge is -2.14. The molecule has 2 heterocycles. The second kappa shape index (κ2) is 6.86. The minimum Gasteiger partial charge on any atom is -0.493 e. The van der Waals surface area contributed by atoms with Crippen LogP contribution in [-0.2, 0) is 0 Å². The Bertz CT molecular complexity index is 1160. The van der Waals surface area contributed by atoms with Gasteiger partial charge in [0.2, 0.25) is 0 Å². The summed E-state index contributed by atoms with van der Waals surface area (Å²) < 4.78 is 27.4. The maximum absolute atomic E-state index is 14.4. The van der Waals surface area contributed by atoms with E-state index in [1.807, 2.05) is 10.5 Å². The largest absolute Gasteiger partial charge is 0.493 e. The average Bonchev–Trinajstić information content (AvgIpc) is 3.13. The Labute approximate surface area is 167 Å². The zero-order valence-corrected chi connectivity index (χ0v) is 16.6. The lowest BCUT2D eigenvalue weighted by molar-refractivity contribution is 0.355. The van der Waals surface area contributed by atoms with Crippen LogP contribution in [0.1, 0.15) is 0 Å². The molecule has 0 spiro atoms. The molecule has 0 radical (unpaired) electrons. The van der Waals surface area contributed by atoms with Crippen molar-refractivity contribution >= 4 is 55.6 Å². The van der Waals surface area contributed by atoms with Gasteiger partial charge in [-0.2, -0.15) is 0 Å². The van der Waals surface area contributed by atoms with Gasteiger partial charge in [0.05, 0.1) is 43.5 Å². The van der Waals surface area contributed by atoms with Crippen LogP contribution in [0.5, 0.6) is 11.5 Å². The number of methoxy groups -OCH3 is 2. The minimum atomic E-state index is -0.499. The third-order valence-corrected chi connectivity index (χ3v) is 4.95. The molecule has 2 aromatic heterocycles. The van der Waals surface area contributed by atoms with Gasteiger partial charge in [0.15, 0.2) is 17.3 Å². The van der Waals surface area contributed by atoms with E-state index in [-0.39, 0.29) is 5.69 Å². The van der Waals surface area contributed by atoms with Gasteiger partial charge in [-0.3, -0.25) is 4.40 Å². The number of hydrogen-bond donors (Lipinski definition) is 1. The molecule has 27 heavy (non-hydrogen) atoms. The number of hydrogen-bond acceptors (Lipinski definition) is 5. The van der Waals surface area contributed by atoms with Crippen LogP contribution in [-0.4, -0.2) is 28.6 Å². The summed E-state index contributed by atoms with van der Waals surface area (Å²) in [7, 11) is 3.12. The predicted molar refractivity (Wildman–Crippen MR) is 106 cm³/mol. The molecular formula is C18H13BrClFN4O2. The molecule has 2 aromatic carbocycles. The number of nitrogens with zero attached hydrogens (tertiary/aromatic N) is 3. The van der Waals surface area contributed by atoms with Crippen molar-refractivity contribution in [1.29, 1.82) is 0 Å². The van der Waals surface area contributed by atoms with Crippen LogP contribution in [0.2, 0.25) is 5.02 Å². The summed E-state index contributed by atoms with van der Waals surface area (Å²) in [5.74, 6) is 1.06. The maximum Gasteiger partial charge on any atom is 0.163 e. The van der Waals surface area contributed by atoms with Crippen molar-refractivity contribution in [2.75, 3.05) is 19.5 Å². The third-order valence-electron chi connectivity index (χ3n) is 4.10. The van der Waals surface area contributed by atoms with Crippen molar-refractivity contribution in [3.8, 4) is 11.5 Å². The fourth-order valence-electron chi connectivity index (χ4n) is 2.85. The molecule has 9 heteroatoms. The standard InChI is InChI=1S/C18H13BrClFN4O2/c1-26-15-5-12-13(6-16(15)27-2)25-8-22-7-14(25)18(23-12)24-17-10(19)3-9(20)4-11(17)21/h3-8H,1-2H3,(H,23,24). The van der Waals surface area contributed by atoms with Crippen molar-refractivity contribution < 1.29 is 13.9 Å². The van der Waals surface area contributed by atoms with E-state index < -0.39 is 5.82 Å². The molecular weight excluding hydrogens is 439 g/mol. The van der Waals surface area contributed by atoms with Crippen LogP contribution >= 0.6 is 27.5 Å². The molecule has 0 bridgehead atoms. The summed E-state index contributed by atoms with van der Waals surface area (Å²) in [5.41, 5.74) is 2.32. The van der Waals surface area contributed by atoms with Crippen LogP contribution in [0.4, 0.5) is 15.9 Å². The van der Waals surface area contributed by atoms with Gasteiger partial charge in [0, 0.05) is 21.6 Å². The molecule has 1 N–H and O–H groups in total. The molecule has 4 aromatic rings. The zero-order chi connectivity index (χ0) is 19.1. The summed E-state index contributed by atoms with van der Waals surface area (Å²) in [6.07, 6.45) is 3.30. The molecule has 0 fully saturated rings. The fourth-order valence-corrected chi connectivity index (χ4v) is 3.72. The van der Waals surface area contributed by atoms with E-state index >= 15 is 0 Å². The van der Waals surface area contributed by atoms with E-state index in [0.29, 0.717) is 37.8 Å². The number of ether oxygens (including phenoxy) is 2. The Morgan fingerprint density at radius 3 is 2.56 bits per heavy atom. The van der Waals surface area contributed by atoms with Crippen LogP contribution in [0.3, 0.4) is 0 Å². The van der Waals surface area contributed by atoms with Gasteiger partial charge in [-0.15, -0.1) is 0 Å². The highest BCUT2D eigenvalue weighted by molar-refractivity contribution is 9.10. The normalized spacial score (nSPS) is 11.1. The molecule has 138 valence electrons. The summed E-state index contributed by atoms with van der Waals surface area (Å²) in [5, 5.41) is 3.32. The number of benzene rings is 2. The molecule has 0 saturated heterocycles. The Morgan fingerprint density at radius 1 is 1.11 bits per heavy atom. The number of aromatic nitrogens is 3. The first-order valence-electron chi connectivity index (χ1n) is 7.81. The zero-order valence-electron chi connectivity index (χ0n) is 14.3. The lowest BCUT2D eigenvalue weighted by atomic mass is 10.2. The number of rotatable bonds is 4. The first kappa shape index (κ1) is 17.8. The number of halogens is 3. The lowest BCUT2D eigenvalue weighted by Crippen LogP contribution is -2.02. The number of nitrogens with one attached hydrogen (secondary N) is 1. The molecule has 0 unspecified atom stereocenters. The SMILES string of the molecule is COc1cc2nc(Nc3c(F)cc(Cl)cc3Br)c3cncn3c2cc1OC. The van der Waals surface area contributed by atoms with Crippen molar-refractivity contribution in [1.82, 2.24) is 14.4 Å². The summed E-state index contributed by atoms with van der Waals surface area (Å²) in [6.45, 7) is 0. The van der Waals surface area contributed by atoms with Crippen LogP contribution in [0, 0.1) is 5.82 Å². The van der Waals surface area contributed by atoms with E-state index in [2.05, 4.69) is 31.2 Å². The molecule has 0 atom stereocenters. The molecule has 0 aliphatic carbocycles. The Hall–Kier alpha value is -2.58.